The molecule has 0 saturated heterocycles. The normalized spacial score (nSPS) is 18.1. The molecule has 2 atom stereocenters. The molecule has 0 unspecified atom stereocenters. The quantitative estimate of drug-likeness (QED) is 0.455. The Bertz CT molecular complexity index is 239. The summed E-state index contributed by atoms with van der Waals surface area (Å²) in [4.78, 5) is 0. The predicted octanol–water partition coefficient (Wildman–Crippen LogP) is 4.97. The van der Waals surface area contributed by atoms with Gasteiger partial charge in [0.15, 0.2) is 0 Å². The van der Waals surface area contributed by atoms with E-state index in [9.17, 15) is 0 Å². The minimum Gasteiger partial charge on any atom is -0.322 e. The van der Waals surface area contributed by atoms with Crippen LogP contribution in [-0.2, 0) is 20.9 Å². The van der Waals surface area contributed by atoms with Gasteiger partial charge in [0.05, 0.1) is 13.2 Å². The van der Waals surface area contributed by atoms with Gasteiger partial charge in [-0.2, -0.15) is 0 Å². The average molecular weight is 349 g/mol. The SMILES string of the molecule is CCOP(=S)(OCC)S[C@H](C)[C@@](C)(Br)CC. The van der Waals surface area contributed by atoms with Gasteiger partial charge in [-0.15, -0.1) is 0 Å². The van der Waals surface area contributed by atoms with Crippen LogP contribution in [0.4, 0.5) is 0 Å². The Kier molecular flexibility index (Phi) is 8.43. The highest BCUT2D eigenvalue weighted by Gasteiger charge is 2.32. The smallest absolute Gasteiger partial charge is 0.247 e. The first-order valence-corrected chi connectivity index (χ1v) is 10.5. The van der Waals surface area contributed by atoms with Gasteiger partial charge in [-0.1, -0.05) is 41.2 Å². The Morgan fingerprint density at radius 1 is 1.31 bits per heavy atom. The molecule has 2 nitrogen and oxygen atoms in total. The molecule has 0 heterocycles. The third-order valence-corrected chi connectivity index (χ3v) is 9.96. The lowest BCUT2D eigenvalue weighted by atomic mass is 10.1. The van der Waals surface area contributed by atoms with Gasteiger partial charge in [0.2, 0.25) is 5.69 Å². The highest BCUT2D eigenvalue weighted by molar-refractivity contribution is 9.10. The topological polar surface area (TPSA) is 18.5 Å². The second kappa shape index (κ2) is 7.75. The number of hydrogen-bond acceptors (Lipinski definition) is 4. The summed E-state index contributed by atoms with van der Waals surface area (Å²) in [6.07, 6.45) is 1.05. The molecular weight excluding hydrogens is 327 g/mol. The van der Waals surface area contributed by atoms with Crippen molar-refractivity contribution < 1.29 is 9.05 Å². The highest BCUT2D eigenvalue weighted by Crippen LogP contribution is 2.64. The second-order valence-electron chi connectivity index (χ2n) is 3.66. The molecule has 0 aliphatic carbocycles. The van der Waals surface area contributed by atoms with Crippen molar-refractivity contribution in [3.05, 3.63) is 0 Å². The molecule has 0 N–H and O–H groups in total. The van der Waals surface area contributed by atoms with Crippen molar-refractivity contribution in [2.75, 3.05) is 13.2 Å². The van der Waals surface area contributed by atoms with Gasteiger partial charge in [0.1, 0.15) is 0 Å². The monoisotopic (exact) mass is 348 g/mol. The summed E-state index contributed by atoms with van der Waals surface area (Å²) in [5.74, 6) is 0. The summed E-state index contributed by atoms with van der Waals surface area (Å²) in [7, 11) is 0. The fourth-order valence-electron chi connectivity index (χ4n) is 1.01. The maximum Gasteiger partial charge on any atom is 0.247 e. The first kappa shape index (κ1) is 17.4. The summed E-state index contributed by atoms with van der Waals surface area (Å²) in [5, 5.41) is 0.362. The Morgan fingerprint density at radius 2 is 1.75 bits per heavy atom. The maximum atomic E-state index is 5.63. The van der Waals surface area contributed by atoms with E-state index in [-0.39, 0.29) is 4.32 Å². The van der Waals surface area contributed by atoms with E-state index in [4.69, 9.17) is 20.9 Å². The highest BCUT2D eigenvalue weighted by atomic mass is 79.9. The van der Waals surface area contributed by atoms with Crippen molar-refractivity contribution in [3.8, 4) is 0 Å². The van der Waals surface area contributed by atoms with Crippen LogP contribution in [0.2, 0.25) is 0 Å². The zero-order chi connectivity index (χ0) is 12.8. The summed E-state index contributed by atoms with van der Waals surface area (Å²) < 4.78 is 11.3. The first-order valence-electron chi connectivity index (χ1n) is 5.57. The van der Waals surface area contributed by atoms with Crippen LogP contribution < -0.4 is 0 Å². The van der Waals surface area contributed by atoms with Crippen molar-refractivity contribution in [2.45, 2.75) is 50.6 Å². The van der Waals surface area contributed by atoms with Crippen LogP contribution in [0, 0.1) is 0 Å². The van der Waals surface area contributed by atoms with Crippen molar-refractivity contribution in [2.24, 2.45) is 0 Å². The lowest BCUT2D eigenvalue weighted by Crippen LogP contribution is -2.27. The van der Waals surface area contributed by atoms with E-state index in [0.717, 1.165) is 6.42 Å². The van der Waals surface area contributed by atoms with E-state index < -0.39 is 5.69 Å². The van der Waals surface area contributed by atoms with Crippen LogP contribution in [0.1, 0.15) is 41.0 Å². The summed E-state index contributed by atoms with van der Waals surface area (Å²) in [6, 6.07) is 0. The van der Waals surface area contributed by atoms with Crippen molar-refractivity contribution >= 4 is 44.8 Å². The Morgan fingerprint density at radius 3 is 2.06 bits per heavy atom. The molecule has 0 rings (SSSR count). The zero-order valence-electron chi connectivity index (χ0n) is 10.7. The molecule has 0 aromatic carbocycles. The number of halogens is 1. The molecule has 0 aliphatic rings. The summed E-state index contributed by atoms with van der Waals surface area (Å²) in [6.45, 7) is 11.7. The second-order valence-corrected chi connectivity index (χ2v) is 12.0. The van der Waals surface area contributed by atoms with Crippen LogP contribution in [0.15, 0.2) is 0 Å². The predicted molar refractivity (Wildman–Crippen MR) is 82.2 cm³/mol. The fourth-order valence-corrected chi connectivity index (χ4v) is 7.97. The van der Waals surface area contributed by atoms with E-state index in [1.165, 1.54) is 0 Å². The van der Waals surface area contributed by atoms with Gasteiger partial charge in [-0.3, -0.25) is 0 Å². The van der Waals surface area contributed by atoms with E-state index in [1.54, 1.807) is 11.4 Å². The Labute approximate surface area is 117 Å². The third kappa shape index (κ3) is 5.83. The van der Waals surface area contributed by atoms with E-state index in [1.807, 2.05) is 13.8 Å². The van der Waals surface area contributed by atoms with Crippen molar-refractivity contribution in [1.29, 1.82) is 0 Å². The molecule has 0 amide bonds. The van der Waals surface area contributed by atoms with Crippen LogP contribution in [-0.4, -0.2) is 22.8 Å². The van der Waals surface area contributed by atoms with Gasteiger partial charge in [0.25, 0.3) is 0 Å². The largest absolute Gasteiger partial charge is 0.322 e. The molecule has 0 aliphatic heterocycles. The molecule has 0 saturated carbocycles. The first-order chi connectivity index (χ1) is 7.31. The standard InChI is InChI=1S/C10H22BrO2PS2/c1-6-10(5,11)9(4)16-14(15,12-7-2)13-8-3/h9H,6-8H2,1-5H3/t9-,10+/m1/s1. The average Bonchev–Trinajstić information content (AvgIpc) is 2.18. The summed E-state index contributed by atoms with van der Waals surface area (Å²) in [5.41, 5.74) is -2.17. The molecule has 0 radical (unpaired) electrons. The van der Waals surface area contributed by atoms with E-state index in [2.05, 4.69) is 36.7 Å². The molecule has 6 heteroatoms. The number of rotatable bonds is 8. The van der Waals surface area contributed by atoms with Crippen molar-refractivity contribution in [1.82, 2.24) is 0 Å². The summed E-state index contributed by atoms with van der Waals surface area (Å²) >= 11 is 10.9. The molecule has 0 aromatic heterocycles. The van der Waals surface area contributed by atoms with Gasteiger partial charge >= 0.3 is 0 Å². The molecule has 0 aromatic rings. The van der Waals surface area contributed by atoms with Crippen LogP contribution >= 0.6 is 33.0 Å². The molecule has 98 valence electrons. The van der Waals surface area contributed by atoms with E-state index >= 15 is 0 Å². The minimum absolute atomic E-state index is 0.0793. The van der Waals surface area contributed by atoms with Gasteiger partial charge in [0, 0.05) is 9.57 Å². The fraction of sp³-hybridized carbons (Fsp3) is 1.00. The number of hydrogen-bond donors (Lipinski definition) is 0. The molecule has 16 heavy (non-hydrogen) atoms. The molecule has 0 bridgehead atoms. The third-order valence-electron chi connectivity index (χ3n) is 2.40. The zero-order valence-corrected chi connectivity index (χ0v) is 14.8. The van der Waals surface area contributed by atoms with Gasteiger partial charge in [-0.25, -0.2) is 0 Å². The lowest BCUT2D eigenvalue weighted by molar-refractivity contribution is 0.280. The van der Waals surface area contributed by atoms with Crippen LogP contribution in [0.5, 0.6) is 0 Å². The van der Waals surface area contributed by atoms with Crippen LogP contribution in [0.3, 0.4) is 0 Å². The lowest BCUT2D eigenvalue weighted by Gasteiger charge is -2.31. The van der Waals surface area contributed by atoms with Crippen molar-refractivity contribution in [3.63, 3.8) is 0 Å². The number of alkyl halides is 1. The van der Waals surface area contributed by atoms with Crippen LogP contribution in [0.25, 0.3) is 0 Å². The molecule has 0 spiro atoms. The Balaban J connectivity index is 4.57. The van der Waals surface area contributed by atoms with Gasteiger partial charge < -0.3 is 9.05 Å². The minimum atomic E-state index is -2.17. The maximum absolute atomic E-state index is 5.63. The molecular formula is C10H22BrO2PS2. The molecule has 0 fully saturated rings. The Hall–Kier alpha value is 1.40. The van der Waals surface area contributed by atoms with Gasteiger partial charge in [-0.05, 0) is 39.0 Å². The van der Waals surface area contributed by atoms with E-state index in [0.29, 0.717) is 18.5 Å².